The van der Waals surface area contributed by atoms with Crippen molar-refractivity contribution in [3.63, 3.8) is 0 Å². The van der Waals surface area contributed by atoms with E-state index in [1.54, 1.807) is 16.8 Å². The lowest BCUT2D eigenvalue weighted by atomic mass is 10.1. The minimum absolute atomic E-state index is 0.0797. The first-order valence-electron chi connectivity index (χ1n) is 4.79. The smallest absolute Gasteiger partial charge is 0.365 e. The minimum atomic E-state index is -4.71. The van der Waals surface area contributed by atoms with Crippen LogP contribution in [0.25, 0.3) is 11.3 Å². The molecule has 0 radical (unpaired) electrons. The van der Waals surface area contributed by atoms with Crippen molar-refractivity contribution >= 4 is 17.2 Å². The van der Waals surface area contributed by atoms with Crippen molar-refractivity contribution in [3.8, 4) is 11.3 Å². The van der Waals surface area contributed by atoms with Crippen molar-refractivity contribution in [2.45, 2.75) is 6.18 Å². The van der Waals surface area contributed by atoms with E-state index < -0.39 is 23.3 Å². The summed E-state index contributed by atoms with van der Waals surface area (Å²) in [5, 5.41) is 6.68. The maximum absolute atomic E-state index is 12.8. The first-order valence-corrected chi connectivity index (χ1v) is 5.73. The molecule has 0 atom stereocenters. The lowest BCUT2D eigenvalue weighted by molar-refractivity contribution is -0.141. The quantitative estimate of drug-likeness (QED) is 0.913. The van der Waals surface area contributed by atoms with Crippen LogP contribution in [0.5, 0.6) is 0 Å². The second-order valence-electron chi connectivity index (χ2n) is 3.57. The molecule has 2 aromatic rings. The van der Waals surface area contributed by atoms with Gasteiger partial charge >= 0.3 is 6.18 Å². The van der Waals surface area contributed by atoms with Gasteiger partial charge in [-0.2, -0.15) is 29.6 Å². The number of rotatable bonds is 2. The molecule has 0 aromatic carbocycles. The van der Waals surface area contributed by atoms with Crippen LogP contribution in [0.1, 0.15) is 16.1 Å². The van der Waals surface area contributed by atoms with Gasteiger partial charge in [0.25, 0.3) is 5.91 Å². The van der Waals surface area contributed by atoms with Gasteiger partial charge in [0.15, 0.2) is 5.69 Å². The van der Waals surface area contributed by atoms with Crippen LogP contribution in [-0.2, 0) is 13.2 Å². The Bertz CT molecular complexity index is 586. The number of thiophene rings is 1. The number of carbonyl (C=O) groups excluding carboxylic acids is 1. The molecule has 96 valence electrons. The molecule has 2 heterocycles. The normalized spacial score (nSPS) is 11.8. The average molecular weight is 275 g/mol. The zero-order valence-electron chi connectivity index (χ0n) is 9.15. The first kappa shape index (κ1) is 12.6. The summed E-state index contributed by atoms with van der Waals surface area (Å²) in [6.07, 6.45) is -4.71. The molecule has 0 saturated heterocycles. The fourth-order valence-electron chi connectivity index (χ4n) is 1.69. The number of nitrogens with zero attached hydrogens (tertiary/aromatic N) is 2. The van der Waals surface area contributed by atoms with Crippen molar-refractivity contribution in [2.75, 3.05) is 0 Å². The number of alkyl halides is 3. The van der Waals surface area contributed by atoms with Gasteiger partial charge in [-0.15, -0.1) is 0 Å². The predicted octanol–water partition coefficient (Wildman–Crippen LogP) is 2.27. The van der Waals surface area contributed by atoms with Gasteiger partial charge in [0.05, 0.1) is 11.3 Å². The van der Waals surface area contributed by atoms with Crippen LogP contribution in [0.2, 0.25) is 0 Å². The van der Waals surface area contributed by atoms with Crippen molar-refractivity contribution in [2.24, 2.45) is 12.8 Å². The van der Waals surface area contributed by atoms with E-state index in [1.165, 1.54) is 18.4 Å². The Kier molecular flexibility index (Phi) is 2.89. The molecule has 0 saturated carbocycles. The number of hydrogen-bond donors (Lipinski definition) is 1. The molecular formula is C10H8F3N3OS. The van der Waals surface area contributed by atoms with E-state index >= 15 is 0 Å². The van der Waals surface area contributed by atoms with E-state index in [2.05, 4.69) is 5.10 Å². The fraction of sp³-hybridized carbons (Fsp3) is 0.200. The highest BCUT2D eigenvalue weighted by Gasteiger charge is 2.40. The second-order valence-corrected chi connectivity index (χ2v) is 4.35. The molecule has 0 aliphatic heterocycles. The van der Waals surface area contributed by atoms with Crippen LogP contribution in [0, 0.1) is 0 Å². The van der Waals surface area contributed by atoms with Crippen LogP contribution < -0.4 is 5.73 Å². The van der Waals surface area contributed by atoms with Gasteiger partial charge in [0.1, 0.15) is 0 Å². The largest absolute Gasteiger partial charge is 0.435 e. The molecule has 2 aromatic heterocycles. The summed E-state index contributed by atoms with van der Waals surface area (Å²) >= 11 is 1.31. The number of nitrogens with two attached hydrogens (primary N) is 1. The molecule has 8 heteroatoms. The number of amides is 1. The molecule has 0 aliphatic carbocycles. The fourth-order valence-corrected chi connectivity index (χ4v) is 2.33. The van der Waals surface area contributed by atoms with Crippen molar-refractivity contribution < 1.29 is 18.0 Å². The predicted molar refractivity (Wildman–Crippen MR) is 60.0 cm³/mol. The molecule has 18 heavy (non-hydrogen) atoms. The number of aromatic nitrogens is 2. The summed E-state index contributed by atoms with van der Waals surface area (Å²) in [6.45, 7) is 0. The molecule has 2 N–H and O–H groups in total. The van der Waals surface area contributed by atoms with Gasteiger partial charge in [-0.1, -0.05) is 0 Å². The van der Waals surface area contributed by atoms with Crippen LogP contribution in [0.4, 0.5) is 13.2 Å². The standard InChI is InChI=1S/C10H8F3N3OS/c1-16-7(5-2-3-18-4-5)6(9(14)17)8(15-16)10(11,12)13/h2-4H,1H3,(H2,14,17). The third-order valence-corrected chi connectivity index (χ3v) is 3.04. The van der Waals surface area contributed by atoms with Gasteiger partial charge in [-0.05, 0) is 11.4 Å². The van der Waals surface area contributed by atoms with E-state index in [-0.39, 0.29) is 5.69 Å². The Balaban J connectivity index is 2.75. The van der Waals surface area contributed by atoms with Gasteiger partial charge in [-0.25, -0.2) is 0 Å². The molecule has 0 aliphatic rings. The van der Waals surface area contributed by atoms with Gasteiger partial charge in [0.2, 0.25) is 0 Å². The molecular weight excluding hydrogens is 267 g/mol. The van der Waals surface area contributed by atoms with E-state index in [9.17, 15) is 18.0 Å². The molecule has 4 nitrogen and oxygen atoms in total. The third-order valence-electron chi connectivity index (χ3n) is 2.36. The number of hydrogen-bond acceptors (Lipinski definition) is 3. The van der Waals surface area contributed by atoms with E-state index in [4.69, 9.17) is 5.73 Å². The molecule has 0 fully saturated rings. The van der Waals surface area contributed by atoms with Crippen LogP contribution >= 0.6 is 11.3 Å². The maximum atomic E-state index is 12.8. The Morgan fingerprint density at radius 2 is 2.17 bits per heavy atom. The van der Waals surface area contributed by atoms with Crippen LogP contribution in [0.15, 0.2) is 16.8 Å². The molecule has 2 rings (SSSR count). The monoisotopic (exact) mass is 275 g/mol. The summed E-state index contributed by atoms with van der Waals surface area (Å²) in [5.41, 5.74) is 3.76. The van der Waals surface area contributed by atoms with Crippen LogP contribution in [0.3, 0.4) is 0 Å². The number of halogens is 3. The Hall–Kier alpha value is -1.83. The maximum Gasteiger partial charge on any atom is 0.435 e. The molecule has 0 spiro atoms. The van der Waals surface area contributed by atoms with Crippen LogP contribution in [-0.4, -0.2) is 15.7 Å². The SMILES string of the molecule is Cn1nc(C(F)(F)F)c(C(N)=O)c1-c1ccsc1. The zero-order chi connectivity index (χ0) is 13.5. The summed E-state index contributed by atoms with van der Waals surface area (Å²) in [5.74, 6) is -1.14. The summed E-state index contributed by atoms with van der Waals surface area (Å²) in [6, 6.07) is 1.61. The van der Waals surface area contributed by atoms with Gasteiger partial charge < -0.3 is 5.73 Å². The summed E-state index contributed by atoms with van der Waals surface area (Å²) in [7, 11) is 1.34. The Morgan fingerprint density at radius 3 is 2.61 bits per heavy atom. The average Bonchev–Trinajstić information content (AvgIpc) is 2.81. The van der Waals surface area contributed by atoms with Crippen molar-refractivity contribution in [1.29, 1.82) is 0 Å². The molecule has 1 amide bonds. The molecule has 0 bridgehead atoms. The van der Waals surface area contributed by atoms with Crippen molar-refractivity contribution in [3.05, 3.63) is 28.1 Å². The Morgan fingerprint density at radius 1 is 1.50 bits per heavy atom. The third kappa shape index (κ3) is 1.99. The number of carbonyl (C=O) groups is 1. The number of primary amides is 1. The number of aryl methyl sites for hydroxylation is 1. The topological polar surface area (TPSA) is 60.9 Å². The van der Waals surface area contributed by atoms with E-state index in [0.29, 0.717) is 5.56 Å². The van der Waals surface area contributed by atoms with E-state index in [0.717, 1.165) is 4.68 Å². The Labute approximate surface area is 104 Å². The summed E-state index contributed by atoms with van der Waals surface area (Å²) in [4.78, 5) is 11.3. The zero-order valence-corrected chi connectivity index (χ0v) is 9.97. The van der Waals surface area contributed by atoms with E-state index in [1.807, 2.05) is 0 Å². The lowest BCUT2D eigenvalue weighted by Crippen LogP contribution is -2.18. The van der Waals surface area contributed by atoms with Crippen molar-refractivity contribution in [1.82, 2.24) is 9.78 Å². The highest BCUT2D eigenvalue weighted by molar-refractivity contribution is 7.08. The second kappa shape index (κ2) is 4.13. The van der Waals surface area contributed by atoms with Gasteiger partial charge in [-0.3, -0.25) is 9.48 Å². The van der Waals surface area contributed by atoms with Gasteiger partial charge in [0, 0.05) is 18.0 Å². The summed E-state index contributed by atoms with van der Waals surface area (Å²) < 4.78 is 39.3. The minimum Gasteiger partial charge on any atom is -0.365 e. The highest BCUT2D eigenvalue weighted by atomic mass is 32.1. The molecule has 0 unspecified atom stereocenters. The highest BCUT2D eigenvalue weighted by Crippen LogP contribution is 2.36. The first-order chi connectivity index (χ1) is 8.32. The lowest BCUT2D eigenvalue weighted by Gasteiger charge is -2.04.